The minimum atomic E-state index is -0.548. The molecule has 0 fully saturated rings. The van der Waals surface area contributed by atoms with Crippen LogP contribution in [0, 0.1) is 0 Å². The number of nitrogens with one attached hydrogen (secondary N) is 1. The molecule has 2 aromatic rings. The molecule has 0 heterocycles. The first-order valence-electron chi connectivity index (χ1n) is 8.25. The molecule has 1 N–H and O–H groups in total. The molecule has 1 amide bonds. The molecule has 0 aromatic heterocycles. The van der Waals surface area contributed by atoms with Crippen LogP contribution >= 0.6 is 0 Å². The number of rotatable bonds is 7. The van der Waals surface area contributed by atoms with Crippen molar-refractivity contribution in [1.29, 1.82) is 0 Å². The summed E-state index contributed by atoms with van der Waals surface area (Å²) in [4.78, 5) is 24.1. The Hall–Kier alpha value is -2.82. The molecule has 0 saturated heterocycles. The lowest BCUT2D eigenvalue weighted by atomic mass is 9.97. The normalized spacial score (nSPS) is 11.5. The Labute approximate surface area is 148 Å². The summed E-state index contributed by atoms with van der Waals surface area (Å²) in [7, 11) is 1.55. The lowest BCUT2D eigenvalue weighted by Crippen LogP contribution is -2.21. The van der Waals surface area contributed by atoms with Crippen molar-refractivity contribution < 1.29 is 19.1 Å². The number of carbonyl (C=O) groups is 2. The monoisotopic (exact) mass is 341 g/mol. The first-order chi connectivity index (χ1) is 12.0. The Morgan fingerprint density at radius 3 is 2.40 bits per heavy atom. The second kappa shape index (κ2) is 8.87. The molecule has 2 aromatic carbocycles. The van der Waals surface area contributed by atoms with Crippen molar-refractivity contribution in [2.75, 3.05) is 19.0 Å². The average molecular weight is 341 g/mol. The minimum Gasteiger partial charge on any atom is -0.497 e. The van der Waals surface area contributed by atoms with Crippen molar-refractivity contribution in [2.24, 2.45) is 0 Å². The zero-order valence-corrected chi connectivity index (χ0v) is 14.7. The minimum absolute atomic E-state index is 0.332. The molecule has 0 bridgehead atoms. The van der Waals surface area contributed by atoms with Gasteiger partial charge in [0.05, 0.1) is 12.7 Å². The summed E-state index contributed by atoms with van der Waals surface area (Å²) in [6, 6.07) is 14.2. The number of methoxy groups -OCH3 is 1. The van der Waals surface area contributed by atoms with Gasteiger partial charge in [-0.15, -0.1) is 0 Å². The summed E-state index contributed by atoms with van der Waals surface area (Å²) in [5.41, 5.74) is 2.19. The first-order valence-corrected chi connectivity index (χ1v) is 8.25. The van der Waals surface area contributed by atoms with Crippen LogP contribution in [0.2, 0.25) is 0 Å². The van der Waals surface area contributed by atoms with E-state index in [0.717, 1.165) is 17.7 Å². The predicted molar refractivity (Wildman–Crippen MR) is 97.1 cm³/mol. The van der Waals surface area contributed by atoms with Crippen LogP contribution in [0.4, 0.5) is 5.69 Å². The van der Waals surface area contributed by atoms with Gasteiger partial charge in [0.25, 0.3) is 5.91 Å². The van der Waals surface area contributed by atoms with Gasteiger partial charge in [0.2, 0.25) is 0 Å². The van der Waals surface area contributed by atoms with Gasteiger partial charge in [-0.25, -0.2) is 4.79 Å². The Morgan fingerprint density at radius 1 is 1.08 bits per heavy atom. The van der Waals surface area contributed by atoms with Gasteiger partial charge < -0.3 is 14.8 Å². The molecule has 5 nitrogen and oxygen atoms in total. The topological polar surface area (TPSA) is 64.6 Å². The van der Waals surface area contributed by atoms with Crippen LogP contribution in [0.5, 0.6) is 5.75 Å². The Bertz CT molecular complexity index is 725. The maximum atomic E-state index is 12.1. The summed E-state index contributed by atoms with van der Waals surface area (Å²) < 4.78 is 10.1. The van der Waals surface area contributed by atoms with E-state index in [1.165, 1.54) is 0 Å². The molecule has 1 atom stereocenters. The maximum absolute atomic E-state index is 12.1. The van der Waals surface area contributed by atoms with Crippen LogP contribution in [0.1, 0.15) is 42.1 Å². The largest absolute Gasteiger partial charge is 0.497 e. The molecule has 0 spiro atoms. The van der Waals surface area contributed by atoms with E-state index in [0.29, 0.717) is 17.2 Å². The highest BCUT2D eigenvalue weighted by molar-refractivity contribution is 5.96. The van der Waals surface area contributed by atoms with Crippen molar-refractivity contribution in [3.05, 3.63) is 59.7 Å². The zero-order chi connectivity index (χ0) is 18.2. The number of amides is 1. The zero-order valence-electron chi connectivity index (χ0n) is 14.7. The SMILES string of the molecule is CC[C@@H](C)c1ccccc1NC(=O)COC(=O)c1ccc(OC)cc1. The molecule has 0 aliphatic heterocycles. The van der Waals surface area contributed by atoms with Gasteiger partial charge in [-0.1, -0.05) is 32.0 Å². The number of anilines is 1. The van der Waals surface area contributed by atoms with Crippen molar-refractivity contribution >= 4 is 17.6 Å². The van der Waals surface area contributed by atoms with Gasteiger partial charge in [-0.2, -0.15) is 0 Å². The number of hydrogen-bond acceptors (Lipinski definition) is 4. The molecular formula is C20H23NO4. The van der Waals surface area contributed by atoms with E-state index in [1.54, 1.807) is 31.4 Å². The van der Waals surface area contributed by atoms with E-state index in [2.05, 4.69) is 19.2 Å². The Kier molecular flexibility index (Phi) is 6.57. The Morgan fingerprint density at radius 2 is 1.76 bits per heavy atom. The summed E-state index contributed by atoms with van der Waals surface area (Å²) in [5.74, 6) is 0.0694. The van der Waals surface area contributed by atoms with Crippen LogP contribution in [0.15, 0.2) is 48.5 Å². The quantitative estimate of drug-likeness (QED) is 0.773. The number of carbonyl (C=O) groups excluding carboxylic acids is 2. The Balaban J connectivity index is 1.93. The molecule has 0 aliphatic carbocycles. The molecular weight excluding hydrogens is 318 g/mol. The lowest BCUT2D eigenvalue weighted by molar-refractivity contribution is -0.119. The number of hydrogen-bond donors (Lipinski definition) is 1. The van der Waals surface area contributed by atoms with Gasteiger partial charge in [0, 0.05) is 5.69 Å². The van der Waals surface area contributed by atoms with Crippen LogP contribution in [-0.4, -0.2) is 25.6 Å². The van der Waals surface area contributed by atoms with E-state index < -0.39 is 5.97 Å². The number of para-hydroxylation sites is 1. The molecule has 0 unspecified atom stereocenters. The van der Waals surface area contributed by atoms with Crippen LogP contribution in [0.3, 0.4) is 0 Å². The van der Waals surface area contributed by atoms with E-state index >= 15 is 0 Å². The number of ether oxygens (including phenoxy) is 2. The molecule has 132 valence electrons. The van der Waals surface area contributed by atoms with Crippen LogP contribution in [-0.2, 0) is 9.53 Å². The second-order valence-corrected chi connectivity index (χ2v) is 5.75. The third-order valence-electron chi connectivity index (χ3n) is 4.04. The highest BCUT2D eigenvalue weighted by Crippen LogP contribution is 2.26. The predicted octanol–water partition coefficient (Wildman–Crippen LogP) is 4.00. The van der Waals surface area contributed by atoms with Crippen molar-refractivity contribution in [2.45, 2.75) is 26.2 Å². The van der Waals surface area contributed by atoms with Crippen molar-refractivity contribution in [3.8, 4) is 5.75 Å². The van der Waals surface area contributed by atoms with Gasteiger partial charge in [0.15, 0.2) is 6.61 Å². The standard InChI is InChI=1S/C20H23NO4/c1-4-14(2)17-7-5-6-8-18(17)21-19(22)13-25-20(23)15-9-11-16(24-3)12-10-15/h5-12,14H,4,13H2,1-3H3,(H,21,22)/t14-/m1/s1. The van der Waals surface area contributed by atoms with E-state index in [4.69, 9.17) is 9.47 Å². The summed E-state index contributed by atoms with van der Waals surface area (Å²) in [6.45, 7) is 3.87. The van der Waals surface area contributed by atoms with Gasteiger partial charge in [-0.05, 0) is 48.2 Å². The smallest absolute Gasteiger partial charge is 0.338 e. The second-order valence-electron chi connectivity index (χ2n) is 5.75. The average Bonchev–Trinajstić information content (AvgIpc) is 2.66. The summed E-state index contributed by atoms with van der Waals surface area (Å²) in [6.07, 6.45) is 0.972. The third kappa shape index (κ3) is 5.08. The highest BCUT2D eigenvalue weighted by Gasteiger charge is 2.13. The molecule has 0 saturated carbocycles. The van der Waals surface area contributed by atoms with E-state index in [-0.39, 0.29) is 12.5 Å². The van der Waals surface area contributed by atoms with Crippen molar-refractivity contribution in [1.82, 2.24) is 0 Å². The molecule has 5 heteroatoms. The fourth-order valence-electron chi connectivity index (χ4n) is 2.39. The molecule has 0 aliphatic rings. The third-order valence-corrected chi connectivity index (χ3v) is 4.04. The van der Waals surface area contributed by atoms with E-state index in [1.807, 2.05) is 24.3 Å². The first kappa shape index (κ1) is 18.5. The van der Waals surface area contributed by atoms with Crippen LogP contribution in [0.25, 0.3) is 0 Å². The van der Waals surface area contributed by atoms with Gasteiger partial charge in [0.1, 0.15) is 5.75 Å². The van der Waals surface area contributed by atoms with Gasteiger partial charge >= 0.3 is 5.97 Å². The number of esters is 1. The maximum Gasteiger partial charge on any atom is 0.338 e. The number of benzene rings is 2. The summed E-state index contributed by atoms with van der Waals surface area (Å²) >= 11 is 0. The molecule has 2 rings (SSSR count). The summed E-state index contributed by atoms with van der Waals surface area (Å²) in [5, 5.41) is 2.81. The van der Waals surface area contributed by atoms with Gasteiger partial charge in [-0.3, -0.25) is 4.79 Å². The van der Waals surface area contributed by atoms with E-state index in [9.17, 15) is 9.59 Å². The van der Waals surface area contributed by atoms with Crippen LogP contribution < -0.4 is 10.1 Å². The lowest BCUT2D eigenvalue weighted by Gasteiger charge is -2.15. The van der Waals surface area contributed by atoms with Crippen molar-refractivity contribution in [3.63, 3.8) is 0 Å². The highest BCUT2D eigenvalue weighted by atomic mass is 16.5. The molecule has 25 heavy (non-hydrogen) atoms. The fourth-order valence-corrected chi connectivity index (χ4v) is 2.39. The fraction of sp³-hybridized carbons (Fsp3) is 0.300. The molecule has 0 radical (unpaired) electrons.